The molecule has 5 N–H and O–H groups in total. The minimum atomic E-state index is -4.93. The van der Waals surface area contributed by atoms with Crippen LogP contribution in [0.5, 0.6) is 5.75 Å². The molecule has 1 fully saturated rings. The average Bonchev–Trinajstić information content (AvgIpc) is 3.13. The number of nitrogens with zero attached hydrogens (tertiary/aromatic N) is 1. The van der Waals surface area contributed by atoms with Gasteiger partial charge in [0.15, 0.2) is 17.2 Å². The van der Waals surface area contributed by atoms with Crippen molar-refractivity contribution in [2.45, 2.75) is 37.6 Å². The van der Waals surface area contributed by atoms with Crippen LogP contribution in [0.25, 0.3) is 0 Å². The van der Waals surface area contributed by atoms with Gasteiger partial charge in [0.25, 0.3) is 11.8 Å². The second-order valence-corrected chi connectivity index (χ2v) is 8.77. The van der Waals surface area contributed by atoms with Gasteiger partial charge in [-0.1, -0.05) is 13.0 Å². The Morgan fingerprint density at radius 1 is 1.18 bits per heavy atom. The van der Waals surface area contributed by atoms with E-state index in [0.717, 1.165) is 25.1 Å². The van der Waals surface area contributed by atoms with Crippen LogP contribution >= 0.6 is 0 Å². The lowest BCUT2D eigenvalue weighted by atomic mass is 9.77. The van der Waals surface area contributed by atoms with Crippen LogP contribution in [0.15, 0.2) is 30.5 Å². The van der Waals surface area contributed by atoms with Crippen molar-refractivity contribution in [1.82, 2.24) is 4.98 Å². The second kappa shape index (κ2) is 11.6. The number of amides is 2. The number of benzene rings is 1. The predicted octanol–water partition coefficient (Wildman–Crippen LogP) is 2.89. The maximum atomic E-state index is 14.9. The standard InChI is InChI=1S/C24H27F5N4O5/c1-12-17(14-3-4-15(25)18(26)19(14)37-10-9-36-8-6-30)20(38-23(12,2)24(27,28)29)22(35)33-13-5-7-32-16(11-13)21(31)34/h3-5,7,11-12,17,20H,6,8-10,30H2,1-2H3,(H2,31,34)(H,32,33,35)/t12-,17-,20+,23+/m0/s1. The predicted molar refractivity (Wildman–Crippen MR) is 124 cm³/mol. The van der Waals surface area contributed by atoms with Gasteiger partial charge in [0, 0.05) is 35.8 Å². The molecule has 3 rings (SSSR count). The second-order valence-electron chi connectivity index (χ2n) is 8.77. The summed E-state index contributed by atoms with van der Waals surface area (Å²) in [5, 5.41) is 2.38. The van der Waals surface area contributed by atoms with Crippen molar-refractivity contribution < 1.29 is 45.8 Å². The monoisotopic (exact) mass is 546 g/mol. The van der Waals surface area contributed by atoms with Gasteiger partial charge in [-0.05, 0) is 25.1 Å². The lowest BCUT2D eigenvalue weighted by Crippen LogP contribution is -2.47. The highest BCUT2D eigenvalue weighted by atomic mass is 19.4. The highest BCUT2D eigenvalue weighted by Gasteiger charge is 2.66. The van der Waals surface area contributed by atoms with E-state index < -0.39 is 58.9 Å². The Morgan fingerprint density at radius 3 is 2.53 bits per heavy atom. The molecule has 0 unspecified atom stereocenters. The van der Waals surface area contributed by atoms with E-state index in [1.165, 1.54) is 19.2 Å². The quantitative estimate of drug-likeness (QED) is 0.308. The third-order valence-corrected chi connectivity index (χ3v) is 6.38. The molecule has 2 amide bonds. The summed E-state index contributed by atoms with van der Waals surface area (Å²) in [4.78, 5) is 28.4. The number of hydrogen-bond donors (Lipinski definition) is 3. The van der Waals surface area contributed by atoms with Crippen molar-refractivity contribution in [2.75, 3.05) is 31.7 Å². The fourth-order valence-corrected chi connectivity index (χ4v) is 4.22. The molecule has 1 saturated heterocycles. The third kappa shape index (κ3) is 5.87. The van der Waals surface area contributed by atoms with E-state index in [2.05, 4.69) is 10.3 Å². The van der Waals surface area contributed by atoms with E-state index in [4.69, 9.17) is 25.7 Å². The van der Waals surface area contributed by atoms with Crippen molar-refractivity contribution >= 4 is 17.5 Å². The number of nitrogens with one attached hydrogen (secondary N) is 1. The number of aromatic nitrogens is 1. The summed E-state index contributed by atoms with van der Waals surface area (Å²) < 4.78 is 87.3. The normalized spacial score (nSPS) is 23.3. The zero-order valence-electron chi connectivity index (χ0n) is 20.5. The Bertz CT molecular complexity index is 1180. The minimum Gasteiger partial charge on any atom is -0.488 e. The van der Waals surface area contributed by atoms with Gasteiger partial charge in [-0.2, -0.15) is 17.6 Å². The fraction of sp³-hybridized carbons (Fsp3) is 0.458. The molecule has 38 heavy (non-hydrogen) atoms. The fourth-order valence-electron chi connectivity index (χ4n) is 4.22. The van der Waals surface area contributed by atoms with E-state index in [0.29, 0.717) is 0 Å². The molecule has 4 atom stereocenters. The van der Waals surface area contributed by atoms with E-state index in [9.17, 15) is 31.5 Å². The first-order chi connectivity index (χ1) is 17.8. The molecule has 2 heterocycles. The highest BCUT2D eigenvalue weighted by Crippen LogP contribution is 2.55. The lowest BCUT2D eigenvalue weighted by Gasteiger charge is -2.32. The topological polar surface area (TPSA) is 139 Å². The molecule has 1 aliphatic rings. The van der Waals surface area contributed by atoms with E-state index in [-0.39, 0.29) is 43.3 Å². The van der Waals surface area contributed by atoms with Gasteiger partial charge in [-0.3, -0.25) is 14.6 Å². The Kier molecular flexibility index (Phi) is 8.90. The molecule has 1 aromatic heterocycles. The molecule has 0 spiro atoms. The number of carbonyl (C=O) groups excluding carboxylic acids is 2. The number of ether oxygens (including phenoxy) is 3. The molecule has 1 aliphatic heterocycles. The van der Waals surface area contributed by atoms with Gasteiger partial charge in [0.2, 0.25) is 5.82 Å². The molecule has 0 saturated carbocycles. The third-order valence-electron chi connectivity index (χ3n) is 6.38. The minimum absolute atomic E-state index is 0.00762. The Morgan fingerprint density at radius 2 is 1.89 bits per heavy atom. The molecule has 14 heteroatoms. The Hall–Kier alpha value is -3.36. The van der Waals surface area contributed by atoms with Gasteiger partial charge in [-0.25, -0.2) is 4.39 Å². The summed E-state index contributed by atoms with van der Waals surface area (Å²) in [5.74, 6) is -8.19. The lowest BCUT2D eigenvalue weighted by molar-refractivity contribution is -0.272. The Labute approximate surface area is 214 Å². The van der Waals surface area contributed by atoms with Gasteiger partial charge in [0.1, 0.15) is 18.4 Å². The molecule has 0 radical (unpaired) electrons. The van der Waals surface area contributed by atoms with Gasteiger partial charge in [-0.15, -0.1) is 0 Å². The highest BCUT2D eigenvalue weighted by molar-refractivity contribution is 5.97. The van der Waals surface area contributed by atoms with Crippen LogP contribution in [0.3, 0.4) is 0 Å². The van der Waals surface area contributed by atoms with Crippen LogP contribution in [0.1, 0.15) is 35.8 Å². The van der Waals surface area contributed by atoms with Crippen LogP contribution in [0.4, 0.5) is 27.6 Å². The molecule has 2 aromatic rings. The maximum absolute atomic E-state index is 14.9. The van der Waals surface area contributed by atoms with Gasteiger partial charge >= 0.3 is 6.18 Å². The molecule has 1 aromatic carbocycles. The maximum Gasteiger partial charge on any atom is 0.417 e. The molecule has 208 valence electrons. The number of rotatable bonds is 10. The summed E-state index contributed by atoms with van der Waals surface area (Å²) >= 11 is 0. The summed E-state index contributed by atoms with van der Waals surface area (Å²) in [6.07, 6.45) is -5.58. The number of nitrogens with two attached hydrogens (primary N) is 2. The van der Waals surface area contributed by atoms with Crippen molar-refractivity contribution in [3.05, 3.63) is 53.4 Å². The number of primary amides is 1. The van der Waals surface area contributed by atoms with Crippen LogP contribution in [0, 0.1) is 17.6 Å². The molecule has 9 nitrogen and oxygen atoms in total. The summed E-state index contributed by atoms with van der Waals surface area (Å²) in [6.45, 7) is 2.03. The van der Waals surface area contributed by atoms with Crippen molar-refractivity contribution in [2.24, 2.45) is 17.4 Å². The first-order valence-corrected chi connectivity index (χ1v) is 11.5. The Balaban J connectivity index is 2.02. The van der Waals surface area contributed by atoms with Crippen molar-refractivity contribution in [3.8, 4) is 5.75 Å². The molecular formula is C24H27F5N4O5. The van der Waals surface area contributed by atoms with Crippen LogP contribution in [0.2, 0.25) is 0 Å². The zero-order valence-corrected chi connectivity index (χ0v) is 20.5. The summed E-state index contributed by atoms with van der Waals surface area (Å²) in [5.41, 5.74) is 7.29. The SMILES string of the molecule is C[C@H]1[C@@H](c2ccc(F)c(F)c2OCCOCCN)[C@H](C(=O)Nc2ccnc(C(N)=O)c2)O[C@@]1(C)C(F)(F)F. The summed E-state index contributed by atoms with van der Waals surface area (Å²) in [6, 6.07) is 4.20. The van der Waals surface area contributed by atoms with Crippen molar-refractivity contribution in [1.29, 1.82) is 0 Å². The number of carbonyl (C=O) groups is 2. The first-order valence-electron chi connectivity index (χ1n) is 11.5. The van der Waals surface area contributed by atoms with Crippen LogP contribution < -0.4 is 21.5 Å². The van der Waals surface area contributed by atoms with Gasteiger partial charge < -0.3 is 31.0 Å². The van der Waals surface area contributed by atoms with Gasteiger partial charge in [0.05, 0.1) is 13.2 Å². The number of hydrogen-bond acceptors (Lipinski definition) is 7. The molecule has 0 bridgehead atoms. The number of anilines is 1. The molecular weight excluding hydrogens is 519 g/mol. The average molecular weight is 546 g/mol. The summed E-state index contributed by atoms with van der Waals surface area (Å²) in [7, 11) is 0. The smallest absolute Gasteiger partial charge is 0.417 e. The van der Waals surface area contributed by atoms with E-state index in [1.807, 2.05) is 0 Å². The number of halogens is 5. The van der Waals surface area contributed by atoms with Crippen molar-refractivity contribution in [3.63, 3.8) is 0 Å². The molecule has 0 aliphatic carbocycles. The van der Waals surface area contributed by atoms with E-state index in [1.54, 1.807) is 0 Å². The van der Waals surface area contributed by atoms with E-state index >= 15 is 0 Å². The number of pyridine rings is 1. The number of alkyl halides is 3. The van der Waals surface area contributed by atoms with Crippen LogP contribution in [-0.2, 0) is 14.3 Å². The largest absolute Gasteiger partial charge is 0.488 e. The van der Waals surface area contributed by atoms with Crippen LogP contribution in [-0.4, -0.2) is 61.0 Å². The first kappa shape index (κ1) is 29.2. The zero-order chi connectivity index (χ0) is 28.3.